The standard InChI is InChI=1S/C18H12N2/c1-2-16-11-14-7-3-4-9-17(14)18(20-16)15-8-5-6-13(10-15)12-19/h1,3-11H,2H2. The lowest BCUT2D eigenvalue weighted by Gasteiger charge is -2.09. The van der Waals surface area contributed by atoms with Gasteiger partial charge in [-0.05, 0) is 36.9 Å². The number of benzene rings is 2. The summed E-state index contributed by atoms with van der Waals surface area (Å²) in [5.41, 5.74) is 3.30. The van der Waals surface area contributed by atoms with Crippen molar-refractivity contribution in [3.05, 3.63) is 72.8 Å². The van der Waals surface area contributed by atoms with Gasteiger partial charge in [0.25, 0.3) is 0 Å². The molecule has 0 saturated heterocycles. The van der Waals surface area contributed by atoms with Crippen molar-refractivity contribution in [2.45, 2.75) is 6.42 Å². The van der Waals surface area contributed by atoms with Crippen LogP contribution < -0.4 is 0 Å². The largest absolute Gasteiger partial charge is 0.252 e. The van der Waals surface area contributed by atoms with Gasteiger partial charge in [0.1, 0.15) is 0 Å². The molecule has 2 heteroatoms. The number of aromatic nitrogens is 1. The Bertz CT molecular complexity index is 813. The predicted molar refractivity (Wildman–Crippen MR) is 79.9 cm³/mol. The first-order valence-corrected chi connectivity index (χ1v) is 6.41. The Labute approximate surface area is 118 Å². The summed E-state index contributed by atoms with van der Waals surface area (Å²) in [6.07, 6.45) is 0.399. The van der Waals surface area contributed by atoms with Gasteiger partial charge in [0.2, 0.25) is 0 Å². The summed E-state index contributed by atoms with van der Waals surface area (Å²) < 4.78 is 0. The van der Waals surface area contributed by atoms with Gasteiger partial charge in [-0.3, -0.25) is 4.98 Å². The van der Waals surface area contributed by atoms with Gasteiger partial charge >= 0.3 is 0 Å². The molecule has 0 atom stereocenters. The fourth-order valence-electron chi connectivity index (χ4n) is 2.31. The van der Waals surface area contributed by atoms with Crippen LogP contribution in [0.3, 0.4) is 0 Å². The van der Waals surface area contributed by atoms with E-state index in [1.165, 1.54) is 0 Å². The lowest BCUT2D eigenvalue weighted by Crippen LogP contribution is -1.93. The second-order valence-electron chi connectivity index (χ2n) is 4.58. The number of rotatable bonds is 2. The fraction of sp³-hybridized carbons (Fsp3) is 0.0556. The summed E-state index contributed by atoms with van der Waals surface area (Å²) in [7, 11) is 0. The van der Waals surface area contributed by atoms with E-state index in [0.717, 1.165) is 27.7 Å². The molecule has 1 heterocycles. The van der Waals surface area contributed by atoms with Crippen LogP contribution in [0.1, 0.15) is 11.3 Å². The van der Waals surface area contributed by atoms with Crippen LogP contribution in [-0.4, -0.2) is 4.98 Å². The van der Waals surface area contributed by atoms with E-state index in [2.05, 4.69) is 11.1 Å². The van der Waals surface area contributed by atoms with Gasteiger partial charge in [-0.15, -0.1) is 0 Å². The highest BCUT2D eigenvalue weighted by molar-refractivity contribution is 5.95. The van der Waals surface area contributed by atoms with E-state index in [1.807, 2.05) is 48.5 Å². The predicted octanol–water partition coefficient (Wildman–Crippen LogP) is 4.03. The van der Waals surface area contributed by atoms with Crippen LogP contribution >= 0.6 is 0 Å². The van der Waals surface area contributed by atoms with Crippen molar-refractivity contribution < 1.29 is 0 Å². The van der Waals surface area contributed by atoms with Crippen molar-refractivity contribution >= 4 is 10.8 Å². The van der Waals surface area contributed by atoms with Crippen molar-refractivity contribution in [3.63, 3.8) is 0 Å². The molecule has 2 aromatic carbocycles. The highest BCUT2D eigenvalue weighted by Crippen LogP contribution is 2.28. The number of hydrogen-bond acceptors (Lipinski definition) is 2. The molecule has 0 spiro atoms. The molecule has 3 aromatic rings. The molecular weight excluding hydrogens is 244 g/mol. The Hall–Kier alpha value is -2.66. The second kappa shape index (κ2) is 5.14. The SMILES string of the molecule is [CH]Cc1cc2ccccc2c(-c2cccc(C#N)c2)n1. The number of nitrogens with zero attached hydrogens (tertiary/aromatic N) is 2. The Morgan fingerprint density at radius 2 is 1.90 bits per heavy atom. The van der Waals surface area contributed by atoms with Crippen LogP contribution in [0, 0.1) is 18.3 Å². The molecule has 2 nitrogen and oxygen atoms in total. The van der Waals surface area contributed by atoms with Gasteiger partial charge in [0.05, 0.1) is 17.3 Å². The topological polar surface area (TPSA) is 36.7 Å². The molecule has 0 unspecified atom stereocenters. The Morgan fingerprint density at radius 3 is 2.70 bits per heavy atom. The van der Waals surface area contributed by atoms with Crippen molar-refractivity contribution in [3.8, 4) is 17.3 Å². The summed E-state index contributed by atoms with van der Waals surface area (Å²) in [5.74, 6) is 0. The van der Waals surface area contributed by atoms with Crippen LogP contribution in [0.5, 0.6) is 0 Å². The van der Waals surface area contributed by atoms with Crippen LogP contribution in [0.25, 0.3) is 22.0 Å². The Morgan fingerprint density at radius 1 is 1.05 bits per heavy atom. The van der Waals surface area contributed by atoms with E-state index in [1.54, 1.807) is 6.07 Å². The maximum atomic E-state index is 9.03. The monoisotopic (exact) mass is 256 g/mol. The first kappa shape index (κ1) is 12.4. The lowest BCUT2D eigenvalue weighted by atomic mass is 10.0. The molecular formula is C18H12N2. The molecule has 0 aliphatic heterocycles. The normalized spacial score (nSPS) is 10.4. The van der Waals surface area contributed by atoms with Crippen molar-refractivity contribution in [2.24, 2.45) is 0 Å². The highest BCUT2D eigenvalue weighted by atomic mass is 14.7. The first-order chi connectivity index (χ1) is 9.81. The van der Waals surface area contributed by atoms with E-state index in [4.69, 9.17) is 12.2 Å². The molecule has 2 radical (unpaired) electrons. The van der Waals surface area contributed by atoms with E-state index in [-0.39, 0.29) is 0 Å². The third-order valence-corrected chi connectivity index (χ3v) is 3.27. The quantitative estimate of drug-likeness (QED) is 0.694. The molecule has 0 bridgehead atoms. The van der Waals surface area contributed by atoms with Crippen molar-refractivity contribution in [1.82, 2.24) is 4.98 Å². The Kier molecular flexibility index (Phi) is 3.18. The molecule has 3 rings (SSSR count). The smallest absolute Gasteiger partial charge is 0.0991 e. The molecule has 0 aliphatic carbocycles. The first-order valence-electron chi connectivity index (χ1n) is 6.41. The zero-order valence-electron chi connectivity index (χ0n) is 10.9. The highest BCUT2D eigenvalue weighted by Gasteiger charge is 2.08. The summed E-state index contributed by atoms with van der Waals surface area (Å²) in [6.45, 7) is 5.73. The van der Waals surface area contributed by atoms with Crippen LogP contribution in [0.4, 0.5) is 0 Å². The fourth-order valence-corrected chi connectivity index (χ4v) is 2.31. The average Bonchev–Trinajstić information content (AvgIpc) is 2.53. The number of pyridine rings is 1. The molecule has 1 aromatic heterocycles. The zero-order valence-corrected chi connectivity index (χ0v) is 10.9. The second-order valence-corrected chi connectivity index (χ2v) is 4.58. The minimum atomic E-state index is 0.399. The number of nitriles is 1. The summed E-state index contributed by atoms with van der Waals surface area (Å²) in [5, 5.41) is 11.2. The number of fused-ring (bicyclic) bond motifs is 1. The van der Waals surface area contributed by atoms with E-state index >= 15 is 0 Å². The van der Waals surface area contributed by atoms with E-state index in [9.17, 15) is 0 Å². The molecule has 0 fully saturated rings. The third-order valence-electron chi connectivity index (χ3n) is 3.27. The maximum absolute atomic E-state index is 9.03. The Balaban J connectivity index is 2.31. The van der Waals surface area contributed by atoms with Gasteiger partial charge in [0.15, 0.2) is 0 Å². The minimum Gasteiger partial charge on any atom is -0.252 e. The van der Waals surface area contributed by atoms with Gasteiger partial charge in [-0.1, -0.05) is 36.4 Å². The maximum Gasteiger partial charge on any atom is 0.0991 e. The third kappa shape index (κ3) is 2.15. The average molecular weight is 256 g/mol. The lowest BCUT2D eigenvalue weighted by molar-refractivity contribution is 1.13. The molecule has 0 saturated carbocycles. The van der Waals surface area contributed by atoms with E-state index < -0.39 is 0 Å². The molecule has 0 N–H and O–H groups in total. The number of hydrogen-bond donors (Lipinski definition) is 0. The zero-order chi connectivity index (χ0) is 13.9. The van der Waals surface area contributed by atoms with Gasteiger partial charge in [-0.25, -0.2) is 0 Å². The van der Waals surface area contributed by atoms with Gasteiger partial charge < -0.3 is 0 Å². The van der Waals surface area contributed by atoms with Crippen molar-refractivity contribution in [1.29, 1.82) is 5.26 Å². The summed E-state index contributed by atoms with van der Waals surface area (Å²) >= 11 is 0. The van der Waals surface area contributed by atoms with Crippen LogP contribution in [0.2, 0.25) is 0 Å². The van der Waals surface area contributed by atoms with Gasteiger partial charge in [0, 0.05) is 16.6 Å². The van der Waals surface area contributed by atoms with Crippen LogP contribution in [-0.2, 0) is 6.42 Å². The van der Waals surface area contributed by atoms with Crippen LogP contribution in [0.15, 0.2) is 54.6 Å². The summed E-state index contributed by atoms with van der Waals surface area (Å²) in [6, 6.07) is 19.7. The minimum absolute atomic E-state index is 0.399. The molecule has 94 valence electrons. The summed E-state index contributed by atoms with van der Waals surface area (Å²) in [4.78, 5) is 4.63. The van der Waals surface area contributed by atoms with Gasteiger partial charge in [-0.2, -0.15) is 5.26 Å². The molecule has 20 heavy (non-hydrogen) atoms. The van der Waals surface area contributed by atoms with E-state index in [0.29, 0.717) is 12.0 Å². The molecule has 0 aliphatic rings. The molecule has 0 amide bonds. The van der Waals surface area contributed by atoms with Crippen molar-refractivity contribution in [2.75, 3.05) is 0 Å².